The van der Waals surface area contributed by atoms with Gasteiger partial charge in [0.05, 0.1) is 11.6 Å². The van der Waals surface area contributed by atoms with Crippen molar-refractivity contribution >= 4 is 29.5 Å². The van der Waals surface area contributed by atoms with Crippen LogP contribution in [-0.2, 0) is 14.4 Å². The highest BCUT2D eigenvalue weighted by molar-refractivity contribution is 6.32. The summed E-state index contributed by atoms with van der Waals surface area (Å²) in [6.45, 7) is 0.276. The van der Waals surface area contributed by atoms with Crippen LogP contribution in [0.25, 0.3) is 0 Å². The van der Waals surface area contributed by atoms with Gasteiger partial charge in [0.25, 0.3) is 0 Å². The second kappa shape index (κ2) is 12.9. The van der Waals surface area contributed by atoms with Gasteiger partial charge in [-0.1, -0.05) is 17.7 Å². The number of alkyl halides is 9. The Balaban J connectivity index is 0. The lowest BCUT2D eigenvalue weighted by molar-refractivity contribution is -0.372. The van der Waals surface area contributed by atoms with Gasteiger partial charge in [0, 0.05) is 10.7 Å². The van der Waals surface area contributed by atoms with E-state index in [2.05, 4.69) is 10.5 Å². The van der Waals surface area contributed by atoms with Gasteiger partial charge in [-0.25, -0.2) is 0 Å². The van der Waals surface area contributed by atoms with E-state index < -0.39 is 48.3 Å². The van der Waals surface area contributed by atoms with E-state index in [4.69, 9.17) is 36.5 Å². The van der Waals surface area contributed by atoms with Crippen molar-refractivity contribution in [3.05, 3.63) is 28.8 Å². The Kier molecular flexibility index (Phi) is 12.6. The number of ether oxygens (including phenoxy) is 1. The van der Waals surface area contributed by atoms with Crippen molar-refractivity contribution in [3.8, 4) is 5.75 Å². The van der Waals surface area contributed by atoms with Gasteiger partial charge in [-0.3, -0.25) is 0 Å². The monoisotopic (exact) mass is 525 g/mol. The largest absolute Gasteiger partial charge is 0.573 e. The Morgan fingerprint density at radius 1 is 0.970 bits per heavy atom. The molecule has 1 atom stereocenters. The van der Waals surface area contributed by atoms with Gasteiger partial charge < -0.3 is 35.4 Å². The second-order valence-electron chi connectivity index (χ2n) is 5.42. The van der Waals surface area contributed by atoms with Gasteiger partial charge >= 0.3 is 24.7 Å². The molecule has 0 heterocycles. The molecule has 0 amide bonds. The third-order valence-electron chi connectivity index (χ3n) is 2.90. The smallest absolute Gasteiger partial charge is 0.565 e. The number of carboxylic acids is 2. The van der Waals surface area contributed by atoms with Crippen molar-refractivity contribution in [2.45, 2.75) is 31.1 Å². The molecular weight excluding hydrogens is 513 g/mol. The van der Waals surface area contributed by atoms with Gasteiger partial charge in [-0.15, -0.1) is 13.2 Å². The van der Waals surface area contributed by atoms with Crippen LogP contribution in [0, 0.1) is 0 Å². The van der Waals surface area contributed by atoms with Crippen LogP contribution in [0.3, 0.4) is 0 Å². The summed E-state index contributed by atoms with van der Waals surface area (Å²) >= 11 is 5.61. The normalized spacial score (nSPS) is 12.3. The first-order valence-electron chi connectivity index (χ1n) is 7.77. The van der Waals surface area contributed by atoms with Crippen LogP contribution in [0.4, 0.5) is 39.5 Å². The molecule has 1 aromatic rings. The third-order valence-corrected chi connectivity index (χ3v) is 3.21. The number of aliphatic carboxylic acids is 2. The first-order valence-corrected chi connectivity index (χ1v) is 8.14. The van der Waals surface area contributed by atoms with E-state index in [9.17, 15) is 44.3 Å². The number of benzene rings is 1. The third kappa shape index (κ3) is 15.5. The van der Waals surface area contributed by atoms with E-state index in [0.717, 1.165) is 6.07 Å². The zero-order chi connectivity index (χ0) is 26.8. The lowest BCUT2D eigenvalue weighted by Gasteiger charge is -2.14. The number of rotatable bonds is 5. The van der Waals surface area contributed by atoms with E-state index in [-0.39, 0.29) is 18.0 Å². The highest BCUT2D eigenvalue weighted by Crippen LogP contribution is 2.33. The number of halogens is 10. The van der Waals surface area contributed by atoms with Gasteiger partial charge in [0.15, 0.2) is 0 Å². The number of carboxylic acid groups (broad SMARTS) is 2. The summed E-state index contributed by atoms with van der Waals surface area (Å²) in [7, 11) is 0. The first kappa shape index (κ1) is 32.2. The number of carbonyl (C=O) groups is 3. The summed E-state index contributed by atoms with van der Waals surface area (Å²) in [5.74, 6) is -7.78. The molecule has 0 unspecified atom stereocenters. The summed E-state index contributed by atoms with van der Waals surface area (Å²) in [4.78, 5) is 28.3. The van der Waals surface area contributed by atoms with Crippen LogP contribution in [0.15, 0.2) is 18.2 Å². The fourth-order valence-electron chi connectivity index (χ4n) is 1.59. The maximum absolute atomic E-state index is 12.2. The summed E-state index contributed by atoms with van der Waals surface area (Å²) in [6, 6.07) is 3.87. The van der Waals surface area contributed by atoms with Gasteiger partial charge in [0.1, 0.15) is 24.1 Å². The highest BCUT2D eigenvalue weighted by Gasteiger charge is 2.33. The van der Waals surface area contributed by atoms with Crippen molar-refractivity contribution in [3.63, 3.8) is 0 Å². The van der Waals surface area contributed by atoms with Crippen LogP contribution >= 0.6 is 11.6 Å². The molecule has 0 bridgehead atoms. The molecule has 1 rings (SSSR count). The summed E-state index contributed by atoms with van der Waals surface area (Å²) < 4.78 is 103. The maximum Gasteiger partial charge on any atom is 0.573 e. The maximum atomic E-state index is 12.2. The molecule has 0 saturated heterocycles. The summed E-state index contributed by atoms with van der Waals surface area (Å²) in [6.07, 6.45) is -15.3. The lowest BCUT2D eigenvalue weighted by atomic mass is 9.96. The standard InChI is InChI=1S/C11H11ClF3NO3.2C2HF3O2/c12-8-2-1-6(7(5-16)4-10(17)18)3-9(8)19-11(13,14)15;2*3-2(4,5)1(6)7/h1-3,7H,4-5,16H2,(H,17,18);2*(H,6,7)/t7-;;/m0../s1. The van der Waals surface area contributed by atoms with E-state index in [0.29, 0.717) is 5.56 Å². The number of hydrogen-bond acceptors (Lipinski definition) is 6. The SMILES string of the molecule is O=C([O-])C(F)(F)F.O=C([O-])C(F)(F)F.[NH3+]C[C@H](CC(=O)[OH2+])c1ccc(Cl)c(OC(F)(F)F)c1. The molecular formula is C15H13ClF9NO7. The molecule has 8 nitrogen and oxygen atoms in total. The molecule has 0 fully saturated rings. The Labute approximate surface area is 182 Å². The summed E-state index contributed by atoms with van der Waals surface area (Å²) in [5, 5.41) is 24.3. The Bertz CT molecular complexity index is 786. The number of hydrogen-bond donors (Lipinski definition) is 1. The topological polar surface area (TPSA) is 157 Å². The van der Waals surface area contributed by atoms with E-state index >= 15 is 0 Å². The van der Waals surface area contributed by atoms with E-state index in [1.807, 2.05) is 0 Å². The molecule has 0 radical (unpaired) electrons. The highest BCUT2D eigenvalue weighted by atomic mass is 35.5. The molecule has 190 valence electrons. The molecule has 0 aliphatic rings. The van der Waals surface area contributed by atoms with Crippen molar-refractivity contribution < 1.29 is 79.7 Å². The van der Waals surface area contributed by atoms with Crippen molar-refractivity contribution in [2.75, 3.05) is 6.54 Å². The van der Waals surface area contributed by atoms with Crippen molar-refractivity contribution in [1.82, 2.24) is 0 Å². The predicted octanol–water partition coefficient (Wildman–Crippen LogP) is -0.197. The molecule has 1 aromatic carbocycles. The van der Waals surface area contributed by atoms with E-state index in [1.54, 1.807) is 0 Å². The molecule has 0 aliphatic carbocycles. The van der Waals surface area contributed by atoms with Crippen LogP contribution in [0.2, 0.25) is 5.02 Å². The summed E-state index contributed by atoms with van der Waals surface area (Å²) in [5.41, 5.74) is 4.04. The minimum absolute atomic E-state index is 0.114. The Hall–Kier alpha value is -2.95. The average molecular weight is 526 g/mol. The van der Waals surface area contributed by atoms with E-state index in [1.165, 1.54) is 12.1 Å². The first-order chi connectivity index (χ1) is 14.6. The molecule has 5 N–H and O–H groups in total. The molecule has 0 spiro atoms. The molecule has 0 aromatic heterocycles. The molecule has 0 saturated carbocycles. The van der Waals surface area contributed by atoms with Gasteiger partial charge in [-0.05, 0) is 17.7 Å². The predicted molar refractivity (Wildman–Crippen MR) is 84.0 cm³/mol. The zero-order valence-electron chi connectivity index (χ0n) is 15.7. The van der Waals surface area contributed by atoms with Gasteiger partial charge in [0.2, 0.25) is 0 Å². The van der Waals surface area contributed by atoms with Crippen molar-refractivity contribution in [1.29, 1.82) is 0 Å². The van der Waals surface area contributed by atoms with Crippen LogP contribution < -0.4 is 20.7 Å². The second-order valence-corrected chi connectivity index (χ2v) is 5.83. The Morgan fingerprint density at radius 3 is 1.64 bits per heavy atom. The molecule has 18 heteroatoms. The molecule has 33 heavy (non-hydrogen) atoms. The minimum Gasteiger partial charge on any atom is -0.565 e. The van der Waals surface area contributed by atoms with Crippen LogP contribution in [0.5, 0.6) is 5.75 Å². The quantitative estimate of drug-likeness (QED) is 0.414. The van der Waals surface area contributed by atoms with Crippen LogP contribution in [0.1, 0.15) is 17.9 Å². The zero-order valence-corrected chi connectivity index (χ0v) is 16.4. The van der Waals surface area contributed by atoms with Crippen molar-refractivity contribution in [2.24, 2.45) is 0 Å². The fraction of sp³-hybridized carbons (Fsp3) is 0.400. The van der Waals surface area contributed by atoms with Gasteiger partial charge in [-0.2, -0.15) is 26.3 Å². The lowest BCUT2D eigenvalue weighted by Crippen LogP contribution is -2.53. The minimum atomic E-state index is -5.19. The average Bonchev–Trinajstić information content (AvgIpc) is 2.59. The van der Waals surface area contributed by atoms with Crippen LogP contribution in [-0.4, -0.2) is 48.3 Å². The Morgan fingerprint density at radius 2 is 1.36 bits per heavy atom. The number of quaternary nitrogens is 1. The fourth-order valence-corrected chi connectivity index (χ4v) is 1.74. The number of carbonyl (C=O) groups excluding carboxylic acids is 3. The molecule has 0 aliphatic heterocycles.